The van der Waals surface area contributed by atoms with Crippen molar-refractivity contribution in [2.24, 2.45) is 7.05 Å². The first-order valence-corrected chi connectivity index (χ1v) is 9.67. The molecule has 1 N–H and O–H groups in total. The molecule has 1 amide bonds. The van der Waals surface area contributed by atoms with Gasteiger partial charge in [-0.2, -0.15) is 0 Å². The van der Waals surface area contributed by atoms with Crippen LogP contribution in [0.3, 0.4) is 0 Å². The molecule has 3 aromatic rings. The molecule has 6 heteroatoms. The molecule has 1 heterocycles. The van der Waals surface area contributed by atoms with Crippen molar-refractivity contribution in [2.75, 3.05) is 13.7 Å². The average Bonchev–Trinajstić information content (AvgIpc) is 3.15. The van der Waals surface area contributed by atoms with Gasteiger partial charge in [0.2, 0.25) is 5.91 Å². The minimum atomic E-state index is -0.392. The maximum Gasteiger partial charge on any atom is 0.220 e. The van der Waals surface area contributed by atoms with Crippen molar-refractivity contribution < 1.29 is 14.3 Å². The van der Waals surface area contributed by atoms with Gasteiger partial charge in [0.15, 0.2) is 0 Å². The zero-order chi connectivity index (χ0) is 20.6. The molecule has 0 aliphatic carbocycles. The number of para-hydroxylation sites is 1. The first kappa shape index (κ1) is 20.5. The fraction of sp³-hybridized carbons (Fsp3) is 0.304. The number of hydrogen-bond donors (Lipinski definition) is 1. The Morgan fingerprint density at radius 3 is 2.76 bits per heavy atom. The molecular weight excluding hydrogens is 366 g/mol. The number of rotatable bonds is 9. The number of aryl methyl sites for hydroxylation is 2. The molecule has 0 bridgehead atoms. The second kappa shape index (κ2) is 9.78. The third kappa shape index (κ3) is 5.38. The molecule has 1 unspecified atom stereocenters. The fourth-order valence-corrected chi connectivity index (χ4v) is 3.20. The summed E-state index contributed by atoms with van der Waals surface area (Å²) in [6.45, 7) is 2.51. The number of methoxy groups -OCH3 is 1. The molecule has 2 aromatic carbocycles. The van der Waals surface area contributed by atoms with Crippen molar-refractivity contribution >= 4 is 5.91 Å². The molecule has 0 radical (unpaired) electrons. The standard InChI is InChI=1S/C23H27N3O3/c1-17-8-6-9-18(16-17)29-15-7-12-21(27)25-22(23-24-13-14-26(23)2)19-10-4-5-11-20(19)28-3/h4-6,8-11,13-14,16,22H,7,12,15H2,1-3H3,(H,25,27). The van der Waals surface area contributed by atoms with E-state index in [1.54, 1.807) is 13.3 Å². The lowest BCUT2D eigenvalue weighted by molar-refractivity contribution is -0.121. The molecule has 0 aliphatic rings. The summed E-state index contributed by atoms with van der Waals surface area (Å²) in [6, 6.07) is 15.2. The van der Waals surface area contributed by atoms with Crippen LogP contribution in [0.15, 0.2) is 60.9 Å². The van der Waals surface area contributed by atoms with Crippen molar-refractivity contribution in [3.05, 3.63) is 77.9 Å². The number of imidazole rings is 1. The van der Waals surface area contributed by atoms with Crippen LogP contribution in [0.4, 0.5) is 0 Å². The first-order valence-electron chi connectivity index (χ1n) is 9.67. The zero-order valence-electron chi connectivity index (χ0n) is 17.1. The lowest BCUT2D eigenvalue weighted by atomic mass is 10.0. The summed E-state index contributed by atoms with van der Waals surface area (Å²) in [5.41, 5.74) is 2.02. The predicted octanol–water partition coefficient (Wildman–Crippen LogP) is 3.80. The number of benzene rings is 2. The van der Waals surface area contributed by atoms with E-state index in [4.69, 9.17) is 9.47 Å². The van der Waals surface area contributed by atoms with E-state index in [2.05, 4.69) is 10.3 Å². The molecule has 0 fully saturated rings. The van der Waals surface area contributed by atoms with Crippen LogP contribution >= 0.6 is 0 Å². The molecule has 0 saturated heterocycles. The summed E-state index contributed by atoms with van der Waals surface area (Å²) in [5, 5.41) is 3.10. The highest BCUT2D eigenvalue weighted by molar-refractivity contribution is 5.77. The summed E-state index contributed by atoms with van der Waals surface area (Å²) < 4.78 is 13.1. The van der Waals surface area contributed by atoms with Crippen LogP contribution < -0.4 is 14.8 Å². The topological polar surface area (TPSA) is 65.4 Å². The van der Waals surface area contributed by atoms with E-state index < -0.39 is 6.04 Å². The molecule has 1 atom stereocenters. The number of ether oxygens (including phenoxy) is 2. The van der Waals surface area contributed by atoms with E-state index in [1.807, 2.05) is 73.3 Å². The summed E-state index contributed by atoms with van der Waals surface area (Å²) in [7, 11) is 3.53. The summed E-state index contributed by atoms with van der Waals surface area (Å²) >= 11 is 0. The van der Waals surface area contributed by atoms with Crippen LogP contribution in [0.2, 0.25) is 0 Å². The normalized spacial score (nSPS) is 11.7. The Bertz CT molecular complexity index is 952. The van der Waals surface area contributed by atoms with Crippen LogP contribution in [-0.4, -0.2) is 29.2 Å². The van der Waals surface area contributed by atoms with Gasteiger partial charge >= 0.3 is 0 Å². The summed E-state index contributed by atoms with van der Waals surface area (Å²) in [4.78, 5) is 17.1. The van der Waals surface area contributed by atoms with Crippen molar-refractivity contribution in [1.29, 1.82) is 0 Å². The maximum atomic E-state index is 12.7. The molecule has 1 aromatic heterocycles. The first-order chi connectivity index (χ1) is 14.1. The second-order valence-electron chi connectivity index (χ2n) is 6.91. The minimum absolute atomic E-state index is 0.0586. The van der Waals surface area contributed by atoms with Gasteiger partial charge in [0, 0.05) is 31.4 Å². The lowest BCUT2D eigenvalue weighted by Gasteiger charge is -2.21. The Hall–Kier alpha value is -3.28. The van der Waals surface area contributed by atoms with Crippen molar-refractivity contribution in [3.63, 3.8) is 0 Å². The molecular formula is C23H27N3O3. The van der Waals surface area contributed by atoms with Crippen molar-refractivity contribution in [1.82, 2.24) is 14.9 Å². The van der Waals surface area contributed by atoms with Gasteiger partial charge in [-0.3, -0.25) is 4.79 Å². The van der Waals surface area contributed by atoms with E-state index in [0.29, 0.717) is 25.2 Å². The van der Waals surface area contributed by atoms with Crippen LogP contribution in [0.25, 0.3) is 0 Å². The van der Waals surface area contributed by atoms with E-state index in [-0.39, 0.29) is 5.91 Å². The van der Waals surface area contributed by atoms with Gasteiger partial charge in [0.05, 0.1) is 13.7 Å². The minimum Gasteiger partial charge on any atom is -0.496 e. The highest BCUT2D eigenvalue weighted by Gasteiger charge is 2.23. The number of hydrogen-bond acceptors (Lipinski definition) is 4. The number of carbonyl (C=O) groups excluding carboxylic acids is 1. The number of amides is 1. The fourth-order valence-electron chi connectivity index (χ4n) is 3.20. The van der Waals surface area contributed by atoms with Gasteiger partial charge < -0.3 is 19.4 Å². The molecule has 0 aliphatic heterocycles. The van der Waals surface area contributed by atoms with Gasteiger partial charge in [0.25, 0.3) is 0 Å². The Labute approximate surface area is 171 Å². The lowest BCUT2D eigenvalue weighted by Crippen LogP contribution is -2.31. The Kier molecular flexibility index (Phi) is 6.89. The van der Waals surface area contributed by atoms with Crippen LogP contribution in [-0.2, 0) is 11.8 Å². The van der Waals surface area contributed by atoms with Gasteiger partial charge in [-0.25, -0.2) is 4.98 Å². The predicted molar refractivity (Wildman–Crippen MR) is 112 cm³/mol. The van der Waals surface area contributed by atoms with Crippen molar-refractivity contribution in [3.8, 4) is 11.5 Å². The maximum absolute atomic E-state index is 12.7. The Morgan fingerprint density at radius 1 is 1.21 bits per heavy atom. The summed E-state index contributed by atoms with van der Waals surface area (Å²) in [6.07, 6.45) is 4.57. The zero-order valence-corrected chi connectivity index (χ0v) is 17.1. The SMILES string of the molecule is COc1ccccc1C(NC(=O)CCCOc1cccc(C)c1)c1nccn1C. The molecule has 29 heavy (non-hydrogen) atoms. The van der Waals surface area contributed by atoms with Gasteiger partial charge in [-0.1, -0.05) is 30.3 Å². The third-order valence-corrected chi connectivity index (χ3v) is 4.68. The molecule has 152 valence electrons. The van der Waals surface area contributed by atoms with Gasteiger partial charge in [-0.05, 0) is 37.1 Å². The smallest absolute Gasteiger partial charge is 0.220 e. The van der Waals surface area contributed by atoms with Crippen LogP contribution in [0.5, 0.6) is 11.5 Å². The van der Waals surface area contributed by atoms with E-state index in [9.17, 15) is 4.79 Å². The molecule has 0 spiro atoms. The molecule has 3 rings (SSSR count). The van der Waals surface area contributed by atoms with Crippen LogP contribution in [0.1, 0.15) is 35.8 Å². The number of nitrogens with one attached hydrogen (secondary N) is 1. The van der Waals surface area contributed by atoms with Gasteiger partial charge in [0.1, 0.15) is 23.4 Å². The average molecular weight is 393 g/mol. The number of aromatic nitrogens is 2. The number of nitrogens with zero attached hydrogens (tertiary/aromatic N) is 2. The largest absolute Gasteiger partial charge is 0.496 e. The Balaban J connectivity index is 1.63. The molecule has 6 nitrogen and oxygen atoms in total. The number of carbonyl (C=O) groups is 1. The van der Waals surface area contributed by atoms with Crippen molar-refractivity contribution in [2.45, 2.75) is 25.8 Å². The highest BCUT2D eigenvalue weighted by Crippen LogP contribution is 2.29. The quantitative estimate of drug-likeness (QED) is 0.562. The van der Waals surface area contributed by atoms with E-state index in [0.717, 1.165) is 22.7 Å². The van der Waals surface area contributed by atoms with Gasteiger partial charge in [-0.15, -0.1) is 0 Å². The van der Waals surface area contributed by atoms with E-state index >= 15 is 0 Å². The molecule has 0 saturated carbocycles. The summed E-state index contributed by atoms with van der Waals surface area (Å²) in [5.74, 6) is 2.23. The Morgan fingerprint density at radius 2 is 2.03 bits per heavy atom. The monoisotopic (exact) mass is 393 g/mol. The highest BCUT2D eigenvalue weighted by atomic mass is 16.5. The second-order valence-corrected chi connectivity index (χ2v) is 6.91. The van der Waals surface area contributed by atoms with E-state index in [1.165, 1.54) is 0 Å². The third-order valence-electron chi connectivity index (χ3n) is 4.68. The van der Waals surface area contributed by atoms with Crippen LogP contribution in [0, 0.1) is 6.92 Å².